The second-order valence-corrected chi connectivity index (χ2v) is 14.0. The molecule has 0 unspecified atom stereocenters. The lowest BCUT2D eigenvalue weighted by Gasteiger charge is -2.28. The summed E-state index contributed by atoms with van der Waals surface area (Å²) < 4.78 is 19.5. The monoisotopic (exact) mass is 690 g/mol. The summed E-state index contributed by atoms with van der Waals surface area (Å²) in [4.78, 5) is 61.7. The molecule has 6 rings (SSSR count). The van der Waals surface area contributed by atoms with E-state index in [0.717, 1.165) is 32.8 Å². The highest BCUT2D eigenvalue weighted by molar-refractivity contribution is 8.76. The number of nitrogens with one attached hydrogen (secondary N) is 3. The molecule has 14 heteroatoms. The Morgan fingerprint density at radius 2 is 2.00 bits per heavy atom. The van der Waals surface area contributed by atoms with Crippen LogP contribution in [0.2, 0.25) is 0 Å². The molecule has 2 aromatic heterocycles. The van der Waals surface area contributed by atoms with Crippen LogP contribution >= 0.6 is 21.6 Å². The van der Waals surface area contributed by atoms with Crippen molar-refractivity contribution >= 4 is 56.3 Å². The van der Waals surface area contributed by atoms with E-state index in [1.165, 1.54) is 38.6 Å². The molecular formula is C34H35FN6O5S2. The lowest BCUT2D eigenvalue weighted by molar-refractivity contribution is -0.142. The predicted octanol–water partition coefficient (Wildman–Crippen LogP) is 4.77. The summed E-state index contributed by atoms with van der Waals surface area (Å²) in [6.45, 7) is 1.16. The Kier molecular flexibility index (Phi) is 10.5. The molecule has 0 saturated carbocycles. The summed E-state index contributed by atoms with van der Waals surface area (Å²) in [6, 6.07) is 15.5. The molecular weight excluding hydrogens is 656 g/mol. The van der Waals surface area contributed by atoms with Gasteiger partial charge in [0, 0.05) is 55.2 Å². The normalized spacial score (nSPS) is 15.6. The third-order valence-electron chi connectivity index (χ3n) is 8.33. The molecule has 1 atom stereocenters. The minimum atomic E-state index is -0.681. The average molecular weight is 691 g/mol. The van der Waals surface area contributed by atoms with Crippen LogP contribution in [-0.2, 0) is 27.3 Å². The van der Waals surface area contributed by atoms with Crippen LogP contribution in [0.1, 0.15) is 34.3 Å². The number of ether oxygens (including phenoxy) is 1. The Morgan fingerprint density at radius 1 is 1.17 bits per heavy atom. The molecule has 4 amide bonds. The maximum absolute atomic E-state index is 14.3. The van der Waals surface area contributed by atoms with Crippen LogP contribution in [0.15, 0.2) is 65.8 Å². The molecule has 1 fully saturated rings. The molecule has 11 nitrogen and oxygen atoms in total. The minimum Gasteiger partial charge on any atom is -0.449 e. The van der Waals surface area contributed by atoms with Gasteiger partial charge in [-0.2, -0.15) is 0 Å². The summed E-state index contributed by atoms with van der Waals surface area (Å²) in [5, 5.41) is 6.95. The Morgan fingerprint density at radius 3 is 2.79 bits per heavy atom. The maximum atomic E-state index is 14.3. The Hall–Kier alpha value is -4.56. The number of benzene rings is 2. The zero-order valence-electron chi connectivity index (χ0n) is 26.3. The molecule has 1 saturated heterocycles. The Balaban J connectivity index is 1.00. The van der Waals surface area contributed by atoms with Gasteiger partial charge in [0.05, 0.1) is 5.56 Å². The Bertz CT molecular complexity index is 1820. The molecule has 0 bridgehead atoms. The molecule has 4 heterocycles. The van der Waals surface area contributed by atoms with Gasteiger partial charge in [0.2, 0.25) is 11.8 Å². The topological polar surface area (TPSA) is 137 Å². The quantitative estimate of drug-likeness (QED) is 0.151. The van der Waals surface area contributed by atoms with Gasteiger partial charge in [-0.3, -0.25) is 14.4 Å². The highest BCUT2D eigenvalue weighted by Gasteiger charge is 2.35. The van der Waals surface area contributed by atoms with E-state index in [0.29, 0.717) is 55.7 Å². The molecule has 250 valence electrons. The number of hydrogen-bond acceptors (Lipinski definition) is 8. The van der Waals surface area contributed by atoms with Crippen molar-refractivity contribution in [3.63, 3.8) is 0 Å². The van der Waals surface area contributed by atoms with E-state index >= 15 is 0 Å². The highest BCUT2D eigenvalue weighted by Crippen LogP contribution is 2.35. The van der Waals surface area contributed by atoms with Gasteiger partial charge >= 0.3 is 6.09 Å². The molecule has 3 N–H and O–H groups in total. The second kappa shape index (κ2) is 15.1. The van der Waals surface area contributed by atoms with Crippen molar-refractivity contribution in [2.45, 2.75) is 36.9 Å². The van der Waals surface area contributed by atoms with E-state index in [1.807, 2.05) is 42.5 Å². The van der Waals surface area contributed by atoms with E-state index in [9.17, 15) is 23.6 Å². The van der Waals surface area contributed by atoms with E-state index in [4.69, 9.17) is 4.74 Å². The van der Waals surface area contributed by atoms with Crippen molar-refractivity contribution in [2.75, 3.05) is 39.0 Å². The second-order valence-electron chi connectivity index (χ2n) is 11.6. The van der Waals surface area contributed by atoms with Crippen molar-refractivity contribution in [3.8, 4) is 11.3 Å². The number of aromatic nitrogens is 2. The molecule has 48 heavy (non-hydrogen) atoms. The van der Waals surface area contributed by atoms with Crippen LogP contribution in [0, 0.1) is 5.82 Å². The van der Waals surface area contributed by atoms with Crippen molar-refractivity contribution in [2.24, 2.45) is 0 Å². The number of amides is 4. The van der Waals surface area contributed by atoms with E-state index in [-0.39, 0.29) is 30.9 Å². The predicted molar refractivity (Wildman–Crippen MR) is 183 cm³/mol. The number of H-pyrrole nitrogens is 1. The van der Waals surface area contributed by atoms with Gasteiger partial charge in [-0.25, -0.2) is 14.2 Å². The lowest BCUT2D eigenvalue weighted by Crippen LogP contribution is -2.49. The first kappa shape index (κ1) is 33.3. The number of hydrogen-bond donors (Lipinski definition) is 3. The molecule has 2 aliphatic rings. The van der Waals surface area contributed by atoms with Crippen molar-refractivity contribution in [1.82, 2.24) is 30.4 Å². The van der Waals surface area contributed by atoms with Crippen LogP contribution in [0.3, 0.4) is 0 Å². The Labute approximate surface area is 284 Å². The number of likely N-dealkylation sites (tertiary alicyclic amines) is 1. The number of carbonyl (C=O) groups is 4. The van der Waals surface area contributed by atoms with Crippen LogP contribution in [0.25, 0.3) is 22.2 Å². The van der Waals surface area contributed by atoms with E-state index < -0.39 is 18.0 Å². The number of pyridine rings is 1. The summed E-state index contributed by atoms with van der Waals surface area (Å²) in [7, 11) is 4.71. The zero-order chi connectivity index (χ0) is 33.6. The van der Waals surface area contributed by atoms with Crippen LogP contribution in [0.4, 0.5) is 9.18 Å². The smallest absolute Gasteiger partial charge is 0.407 e. The SMILES string of the molecule is CN(Cc1ccc(-c2[nH]c3cc(F)cc4c3c2CCNC4=O)cc1)C(=O)[C@@H]1CCCN1C(=O)CNC(=O)OCCSSc1ccccn1. The number of alkyl carbamates (subject to hydrolysis) is 1. The lowest BCUT2D eigenvalue weighted by atomic mass is 9.99. The molecule has 2 aromatic carbocycles. The highest BCUT2D eigenvalue weighted by atomic mass is 33.1. The first-order valence-electron chi connectivity index (χ1n) is 15.7. The van der Waals surface area contributed by atoms with Gasteiger partial charge in [0.15, 0.2) is 0 Å². The number of halogens is 1. The molecule has 0 spiro atoms. The van der Waals surface area contributed by atoms with Gasteiger partial charge in [-0.05, 0) is 71.0 Å². The number of likely N-dealkylation sites (N-methyl/N-ethyl adjacent to an activating group) is 1. The maximum Gasteiger partial charge on any atom is 0.407 e. The zero-order valence-corrected chi connectivity index (χ0v) is 27.9. The van der Waals surface area contributed by atoms with Gasteiger partial charge in [-0.1, -0.05) is 41.1 Å². The van der Waals surface area contributed by atoms with E-state index in [2.05, 4.69) is 20.6 Å². The first-order chi connectivity index (χ1) is 23.3. The minimum absolute atomic E-state index is 0.169. The summed E-state index contributed by atoms with van der Waals surface area (Å²) in [6.07, 6.45) is 2.89. The van der Waals surface area contributed by atoms with E-state index in [1.54, 1.807) is 18.1 Å². The van der Waals surface area contributed by atoms with Gasteiger partial charge in [-0.15, -0.1) is 0 Å². The third kappa shape index (κ3) is 7.60. The van der Waals surface area contributed by atoms with Crippen LogP contribution in [-0.4, -0.2) is 88.7 Å². The van der Waals surface area contributed by atoms with Crippen molar-refractivity contribution < 1.29 is 28.3 Å². The standard InChI is InChI=1S/C34H35FN6O5S2/c1-40(20-21-7-9-22(10-8-21)31-24-11-13-37-32(43)25-17-23(35)18-26(39-31)30(24)25)33(44)27-5-4-14-41(27)29(42)19-38-34(45)46-15-16-47-48-28-6-2-3-12-36-28/h2-3,6-10,12,17-18,27,39H,4-5,11,13-16,19-20H2,1H3,(H,37,43)(H,38,45)/t27-/m0/s1. The molecule has 2 aliphatic heterocycles. The summed E-state index contributed by atoms with van der Waals surface area (Å²) >= 11 is 0. The van der Waals surface area contributed by atoms with Gasteiger partial charge in [0.1, 0.15) is 30.0 Å². The molecule has 0 aliphatic carbocycles. The largest absolute Gasteiger partial charge is 0.449 e. The summed E-state index contributed by atoms with van der Waals surface area (Å²) in [5.41, 5.74) is 4.49. The number of aromatic amines is 1. The van der Waals surface area contributed by atoms with Gasteiger partial charge < -0.3 is 30.2 Å². The van der Waals surface area contributed by atoms with Crippen LogP contribution < -0.4 is 10.6 Å². The number of nitrogens with zero attached hydrogens (tertiary/aromatic N) is 3. The van der Waals surface area contributed by atoms with Crippen molar-refractivity contribution in [1.29, 1.82) is 0 Å². The van der Waals surface area contributed by atoms with Crippen molar-refractivity contribution in [3.05, 3.63) is 83.3 Å². The summed E-state index contributed by atoms with van der Waals surface area (Å²) in [5.74, 6) is -0.704. The van der Waals surface area contributed by atoms with Crippen LogP contribution in [0.5, 0.6) is 0 Å². The van der Waals surface area contributed by atoms with Gasteiger partial charge in [0.25, 0.3) is 5.91 Å². The third-order valence-corrected chi connectivity index (χ3v) is 10.6. The fraction of sp³-hybridized carbons (Fsp3) is 0.324. The first-order valence-corrected chi connectivity index (χ1v) is 18.0. The average Bonchev–Trinajstić information content (AvgIpc) is 3.68. The fourth-order valence-corrected chi connectivity index (χ4v) is 7.82. The number of rotatable bonds is 11. The molecule has 4 aromatic rings. The fourth-order valence-electron chi connectivity index (χ4n) is 6.11. The number of carbonyl (C=O) groups excluding carboxylic acids is 4. The molecule has 0 radical (unpaired) electrons.